The Kier molecular flexibility index (Phi) is 5.21. The van der Waals surface area contributed by atoms with Crippen LogP contribution >= 0.6 is 0 Å². The third-order valence-corrected chi connectivity index (χ3v) is 5.81. The number of carbonyl (C=O) groups is 2. The minimum Gasteiger partial charge on any atom is -0.341 e. The van der Waals surface area contributed by atoms with E-state index in [-0.39, 0.29) is 34.0 Å². The number of hydrogen-bond donors (Lipinski definition) is 0. The number of piperidine rings is 1. The van der Waals surface area contributed by atoms with E-state index in [4.69, 9.17) is 0 Å². The molecule has 4 nitrogen and oxygen atoms in total. The van der Waals surface area contributed by atoms with Gasteiger partial charge in [-0.15, -0.1) is 0 Å². The Labute approximate surface area is 148 Å². The molecule has 0 bridgehead atoms. The van der Waals surface area contributed by atoms with Crippen LogP contribution in [-0.2, 0) is 9.59 Å². The van der Waals surface area contributed by atoms with Crippen molar-refractivity contribution in [3.63, 3.8) is 0 Å². The minimum absolute atomic E-state index is 0.135. The van der Waals surface area contributed by atoms with Gasteiger partial charge in [0, 0.05) is 35.4 Å². The Hall–Kier alpha value is -0.900. The maximum absolute atomic E-state index is 12.9. The third-order valence-electron chi connectivity index (χ3n) is 5.81. The van der Waals surface area contributed by atoms with Gasteiger partial charge in [-0.2, -0.15) is 0 Å². The summed E-state index contributed by atoms with van der Waals surface area (Å²) in [6, 6.07) is 0. The standard InChI is InChI=1S/C20H36N2O2/c1-18(2,3)17(24)20(7)10-13-21(14-20)16(23)15-8-11-22(12-9-15)19(4,5)6/h15H,8-14H2,1-7H3. The van der Waals surface area contributed by atoms with Crippen LogP contribution in [0.2, 0.25) is 0 Å². The lowest BCUT2D eigenvalue weighted by atomic mass is 9.73. The zero-order chi connectivity index (χ0) is 18.3. The van der Waals surface area contributed by atoms with Crippen molar-refractivity contribution in [3.05, 3.63) is 0 Å². The van der Waals surface area contributed by atoms with Crippen molar-refractivity contribution in [1.82, 2.24) is 9.80 Å². The molecule has 138 valence electrons. The molecule has 2 heterocycles. The molecule has 0 aromatic rings. The summed E-state index contributed by atoms with van der Waals surface area (Å²) < 4.78 is 0. The highest BCUT2D eigenvalue weighted by atomic mass is 16.2. The zero-order valence-corrected chi connectivity index (χ0v) is 16.7. The van der Waals surface area contributed by atoms with Gasteiger partial charge in [0.25, 0.3) is 0 Å². The fourth-order valence-electron chi connectivity index (χ4n) is 4.30. The van der Waals surface area contributed by atoms with Crippen LogP contribution in [0.5, 0.6) is 0 Å². The average molecular weight is 337 g/mol. The van der Waals surface area contributed by atoms with Crippen molar-refractivity contribution in [1.29, 1.82) is 0 Å². The van der Waals surface area contributed by atoms with E-state index >= 15 is 0 Å². The summed E-state index contributed by atoms with van der Waals surface area (Å²) in [6.07, 6.45) is 2.68. The van der Waals surface area contributed by atoms with Crippen molar-refractivity contribution in [2.45, 2.75) is 73.3 Å². The molecule has 0 N–H and O–H groups in total. The Morgan fingerprint density at radius 1 is 0.958 bits per heavy atom. The molecule has 0 aliphatic carbocycles. The molecular formula is C20H36N2O2. The molecule has 2 aliphatic heterocycles. The second-order valence-electron chi connectivity index (χ2n) is 10.1. The van der Waals surface area contributed by atoms with Gasteiger partial charge in [0.05, 0.1) is 0 Å². The first kappa shape index (κ1) is 19.4. The number of likely N-dealkylation sites (tertiary alicyclic amines) is 2. The lowest BCUT2D eigenvalue weighted by Gasteiger charge is -2.41. The molecule has 1 amide bonds. The van der Waals surface area contributed by atoms with Gasteiger partial charge in [0.15, 0.2) is 0 Å². The highest BCUT2D eigenvalue weighted by molar-refractivity contribution is 5.90. The van der Waals surface area contributed by atoms with Gasteiger partial charge in [-0.05, 0) is 53.1 Å². The molecule has 1 atom stereocenters. The smallest absolute Gasteiger partial charge is 0.225 e. The summed E-state index contributed by atoms with van der Waals surface area (Å²) in [7, 11) is 0. The molecule has 0 radical (unpaired) electrons. The first-order valence-electron chi connectivity index (χ1n) is 9.43. The Morgan fingerprint density at radius 3 is 1.96 bits per heavy atom. The topological polar surface area (TPSA) is 40.6 Å². The maximum Gasteiger partial charge on any atom is 0.225 e. The van der Waals surface area contributed by atoms with Gasteiger partial charge in [-0.1, -0.05) is 27.7 Å². The summed E-state index contributed by atoms with van der Waals surface area (Å²) in [4.78, 5) is 30.1. The van der Waals surface area contributed by atoms with Crippen molar-refractivity contribution in [2.75, 3.05) is 26.2 Å². The predicted octanol–water partition coefficient (Wildman–Crippen LogP) is 3.35. The predicted molar refractivity (Wildman–Crippen MR) is 97.8 cm³/mol. The molecule has 0 spiro atoms. The number of amides is 1. The van der Waals surface area contributed by atoms with Crippen molar-refractivity contribution >= 4 is 11.7 Å². The molecule has 2 saturated heterocycles. The summed E-state index contributed by atoms with van der Waals surface area (Å²) in [5, 5.41) is 0. The fourth-order valence-corrected chi connectivity index (χ4v) is 4.30. The van der Waals surface area contributed by atoms with E-state index in [2.05, 4.69) is 25.7 Å². The van der Waals surface area contributed by atoms with Crippen LogP contribution in [-0.4, -0.2) is 53.2 Å². The first-order chi connectivity index (χ1) is 10.8. The molecule has 24 heavy (non-hydrogen) atoms. The van der Waals surface area contributed by atoms with E-state index in [0.717, 1.165) is 38.9 Å². The normalized spacial score (nSPS) is 27.5. The molecule has 0 aromatic heterocycles. The number of rotatable bonds is 2. The van der Waals surface area contributed by atoms with Crippen LogP contribution in [0.25, 0.3) is 0 Å². The SMILES string of the molecule is CC(C)(C)C(=O)C1(C)CCN(C(=O)C2CCN(C(C)(C)C)CC2)C1. The monoisotopic (exact) mass is 336 g/mol. The highest BCUT2D eigenvalue weighted by Crippen LogP contribution is 2.38. The zero-order valence-electron chi connectivity index (χ0n) is 16.7. The van der Waals surface area contributed by atoms with Crippen LogP contribution in [0.3, 0.4) is 0 Å². The van der Waals surface area contributed by atoms with E-state index < -0.39 is 0 Å². The van der Waals surface area contributed by atoms with Crippen LogP contribution < -0.4 is 0 Å². The summed E-state index contributed by atoms with van der Waals surface area (Å²) in [6.45, 7) is 18.0. The number of hydrogen-bond acceptors (Lipinski definition) is 3. The minimum atomic E-state index is -0.375. The van der Waals surface area contributed by atoms with E-state index in [1.54, 1.807) is 0 Å². The fraction of sp³-hybridized carbons (Fsp3) is 0.900. The first-order valence-corrected chi connectivity index (χ1v) is 9.43. The number of nitrogens with zero attached hydrogens (tertiary/aromatic N) is 2. The van der Waals surface area contributed by atoms with Crippen LogP contribution in [0, 0.1) is 16.7 Å². The Bertz CT molecular complexity index is 493. The molecule has 0 aromatic carbocycles. The summed E-state index contributed by atoms with van der Waals surface area (Å²) >= 11 is 0. The van der Waals surface area contributed by atoms with E-state index in [1.165, 1.54) is 0 Å². The summed E-state index contributed by atoms with van der Waals surface area (Å²) in [5.41, 5.74) is -0.536. The molecule has 2 aliphatic rings. The molecular weight excluding hydrogens is 300 g/mol. The van der Waals surface area contributed by atoms with E-state index in [0.29, 0.717) is 6.54 Å². The van der Waals surface area contributed by atoms with Gasteiger partial charge in [-0.25, -0.2) is 0 Å². The second-order valence-corrected chi connectivity index (χ2v) is 10.1. The molecule has 2 rings (SSSR count). The van der Waals surface area contributed by atoms with Gasteiger partial charge >= 0.3 is 0 Å². The number of ketones is 1. The molecule has 2 fully saturated rings. The van der Waals surface area contributed by atoms with Crippen molar-refractivity contribution in [3.8, 4) is 0 Å². The van der Waals surface area contributed by atoms with Gasteiger partial charge in [0.2, 0.25) is 5.91 Å². The maximum atomic E-state index is 12.9. The lowest BCUT2D eigenvalue weighted by Crippen LogP contribution is -2.49. The van der Waals surface area contributed by atoms with Crippen molar-refractivity contribution < 1.29 is 9.59 Å². The quantitative estimate of drug-likeness (QED) is 0.776. The molecule has 0 saturated carbocycles. The highest BCUT2D eigenvalue weighted by Gasteiger charge is 2.46. The largest absolute Gasteiger partial charge is 0.341 e. The van der Waals surface area contributed by atoms with Gasteiger partial charge in [0.1, 0.15) is 5.78 Å². The number of Topliss-reactive ketones (excluding diaryl/α,β-unsaturated/α-hetero) is 1. The molecule has 4 heteroatoms. The second kappa shape index (κ2) is 6.44. The Morgan fingerprint density at radius 2 is 1.50 bits per heavy atom. The van der Waals surface area contributed by atoms with Crippen molar-refractivity contribution in [2.24, 2.45) is 16.7 Å². The van der Waals surface area contributed by atoms with Gasteiger partial charge < -0.3 is 4.90 Å². The third kappa shape index (κ3) is 4.01. The van der Waals surface area contributed by atoms with E-state index in [9.17, 15) is 9.59 Å². The lowest BCUT2D eigenvalue weighted by molar-refractivity contribution is -0.139. The van der Waals surface area contributed by atoms with Crippen LogP contribution in [0.1, 0.15) is 67.7 Å². The van der Waals surface area contributed by atoms with Gasteiger partial charge in [-0.3, -0.25) is 14.5 Å². The molecule has 1 unspecified atom stereocenters. The average Bonchev–Trinajstić information content (AvgIpc) is 2.87. The van der Waals surface area contributed by atoms with E-state index in [1.807, 2.05) is 32.6 Å². The summed E-state index contributed by atoms with van der Waals surface area (Å²) in [5.74, 6) is 0.692. The van der Waals surface area contributed by atoms with Crippen LogP contribution in [0.15, 0.2) is 0 Å². The Balaban J connectivity index is 1.95. The van der Waals surface area contributed by atoms with Crippen LogP contribution in [0.4, 0.5) is 0 Å². The number of carbonyl (C=O) groups excluding carboxylic acids is 2.